The van der Waals surface area contributed by atoms with Crippen LogP contribution in [0.4, 0.5) is 0 Å². The molecule has 2 unspecified atom stereocenters. The molecule has 0 aromatic rings. The van der Waals surface area contributed by atoms with Crippen LogP contribution in [0.15, 0.2) is 0 Å². The first kappa shape index (κ1) is 15.0. The number of carbonyl (C=O) groups is 2. The van der Waals surface area contributed by atoms with Gasteiger partial charge in [-0.15, -0.1) is 0 Å². The van der Waals surface area contributed by atoms with E-state index in [1.54, 1.807) is 18.9 Å². The van der Waals surface area contributed by atoms with E-state index in [0.717, 1.165) is 12.8 Å². The molecule has 0 aromatic heterocycles. The Morgan fingerprint density at radius 2 is 2.00 bits per heavy atom. The lowest BCUT2D eigenvalue weighted by Gasteiger charge is -2.38. The van der Waals surface area contributed by atoms with E-state index < -0.39 is 0 Å². The van der Waals surface area contributed by atoms with Gasteiger partial charge in [0.15, 0.2) is 0 Å². The summed E-state index contributed by atoms with van der Waals surface area (Å²) in [4.78, 5) is 25.8. The number of amides is 2. The van der Waals surface area contributed by atoms with E-state index in [0.29, 0.717) is 13.2 Å². The summed E-state index contributed by atoms with van der Waals surface area (Å²) in [6.45, 7) is 6.99. The smallest absolute Gasteiger partial charge is 0.246 e. The van der Waals surface area contributed by atoms with E-state index in [1.807, 2.05) is 13.8 Å². The Labute approximate surface area is 109 Å². The van der Waals surface area contributed by atoms with Crippen molar-refractivity contribution in [2.24, 2.45) is 5.92 Å². The molecule has 1 N–H and O–H groups in total. The summed E-state index contributed by atoms with van der Waals surface area (Å²) >= 11 is 0. The fourth-order valence-electron chi connectivity index (χ4n) is 2.13. The van der Waals surface area contributed by atoms with Crippen molar-refractivity contribution in [1.29, 1.82) is 0 Å². The van der Waals surface area contributed by atoms with Crippen LogP contribution in [0, 0.1) is 5.92 Å². The van der Waals surface area contributed by atoms with Crippen molar-refractivity contribution < 1.29 is 14.3 Å². The maximum Gasteiger partial charge on any atom is 0.246 e. The summed E-state index contributed by atoms with van der Waals surface area (Å²) in [6, 6.07) is -0.744. The van der Waals surface area contributed by atoms with Crippen molar-refractivity contribution in [1.82, 2.24) is 10.2 Å². The molecule has 1 aliphatic rings. The molecule has 0 radical (unpaired) electrons. The van der Waals surface area contributed by atoms with E-state index in [-0.39, 0.29) is 29.8 Å². The molecule has 1 aliphatic heterocycles. The minimum Gasteiger partial charge on any atom is -0.385 e. The molecule has 1 fully saturated rings. The third-order valence-electron chi connectivity index (χ3n) is 3.36. The summed E-state index contributed by atoms with van der Waals surface area (Å²) < 4.78 is 4.98. The van der Waals surface area contributed by atoms with E-state index in [1.165, 1.54) is 0 Å². The lowest BCUT2D eigenvalue weighted by molar-refractivity contribution is -0.150. The molecule has 5 nitrogen and oxygen atoms in total. The monoisotopic (exact) mass is 256 g/mol. The molecule has 5 heteroatoms. The number of unbranched alkanes of at least 4 members (excludes halogenated alkanes) is 1. The average Bonchev–Trinajstić information content (AvgIpc) is 2.32. The van der Waals surface area contributed by atoms with E-state index in [4.69, 9.17) is 4.74 Å². The second-order valence-corrected chi connectivity index (χ2v) is 5.14. The quantitative estimate of drug-likeness (QED) is 0.715. The van der Waals surface area contributed by atoms with Crippen LogP contribution in [-0.2, 0) is 14.3 Å². The Bertz CT molecular complexity index is 305. The van der Waals surface area contributed by atoms with Crippen molar-refractivity contribution in [3.63, 3.8) is 0 Å². The van der Waals surface area contributed by atoms with Crippen LogP contribution in [0.2, 0.25) is 0 Å². The fraction of sp³-hybridized carbons (Fsp3) is 0.846. The number of carbonyl (C=O) groups excluding carboxylic acids is 2. The molecule has 2 atom stereocenters. The Morgan fingerprint density at radius 3 is 2.56 bits per heavy atom. The molecule has 1 saturated heterocycles. The number of hydrogen-bond acceptors (Lipinski definition) is 3. The first-order valence-electron chi connectivity index (χ1n) is 6.58. The van der Waals surface area contributed by atoms with E-state index >= 15 is 0 Å². The van der Waals surface area contributed by atoms with Gasteiger partial charge in [-0.3, -0.25) is 9.59 Å². The number of nitrogens with one attached hydrogen (secondary N) is 1. The van der Waals surface area contributed by atoms with Crippen LogP contribution >= 0.6 is 0 Å². The van der Waals surface area contributed by atoms with Gasteiger partial charge in [-0.25, -0.2) is 0 Å². The van der Waals surface area contributed by atoms with Gasteiger partial charge in [0.05, 0.1) is 0 Å². The Hall–Kier alpha value is -1.10. The molecule has 1 rings (SSSR count). The van der Waals surface area contributed by atoms with Crippen molar-refractivity contribution in [2.75, 3.05) is 20.3 Å². The van der Waals surface area contributed by atoms with E-state index in [9.17, 15) is 9.59 Å². The second-order valence-electron chi connectivity index (χ2n) is 5.14. The molecule has 0 bridgehead atoms. The number of nitrogens with zero attached hydrogens (tertiary/aromatic N) is 1. The Kier molecular flexibility index (Phi) is 5.59. The molecule has 0 spiro atoms. The van der Waals surface area contributed by atoms with Gasteiger partial charge in [0.1, 0.15) is 12.1 Å². The van der Waals surface area contributed by atoms with Gasteiger partial charge in [0.25, 0.3) is 0 Å². The molecule has 104 valence electrons. The normalized spacial score (nSPS) is 24.6. The van der Waals surface area contributed by atoms with Crippen LogP contribution in [0.5, 0.6) is 0 Å². The third kappa shape index (κ3) is 3.45. The highest BCUT2D eigenvalue weighted by Gasteiger charge is 2.38. The van der Waals surface area contributed by atoms with Gasteiger partial charge in [-0.1, -0.05) is 13.8 Å². The highest BCUT2D eigenvalue weighted by molar-refractivity contribution is 5.96. The molecule has 0 aliphatic carbocycles. The molecule has 1 heterocycles. The van der Waals surface area contributed by atoms with Gasteiger partial charge < -0.3 is 15.0 Å². The zero-order valence-corrected chi connectivity index (χ0v) is 11.7. The first-order valence-corrected chi connectivity index (χ1v) is 6.58. The van der Waals surface area contributed by atoms with Crippen LogP contribution in [0.25, 0.3) is 0 Å². The number of rotatable bonds is 6. The minimum absolute atomic E-state index is 0.0366. The fourth-order valence-corrected chi connectivity index (χ4v) is 2.13. The lowest BCUT2D eigenvalue weighted by atomic mass is 9.98. The lowest BCUT2D eigenvalue weighted by Crippen LogP contribution is -2.63. The summed E-state index contributed by atoms with van der Waals surface area (Å²) in [5.74, 6) is 0.102. The molecule has 18 heavy (non-hydrogen) atoms. The number of piperazine rings is 1. The maximum atomic E-state index is 12.3. The van der Waals surface area contributed by atoms with Crippen LogP contribution in [0.3, 0.4) is 0 Å². The zero-order chi connectivity index (χ0) is 13.7. The van der Waals surface area contributed by atoms with Crippen molar-refractivity contribution in [2.45, 2.75) is 45.7 Å². The molecule has 0 aromatic carbocycles. The summed E-state index contributed by atoms with van der Waals surface area (Å²) in [7, 11) is 1.66. The third-order valence-corrected chi connectivity index (χ3v) is 3.36. The number of hydrogen-bond donors (Lipinski definition) is 1. The van der Waals surface area contributed by atoms with Crippen LogP contribution < -0.4 is 5.32 Å². The van der Waals surface area contributed by atoms with Gasteiger partial charge in [-0.2, -0.15) is 0 Å². The predicted octanol–water partition coefficient (Wildman–Crippen LogP) is 0.785. The van der Waals surface area contributed by atoms with Crippen LogP contribution in [-0.4, -0.2) is 49.1 Å². The zero-order valence-electron chi connectivity index (χ0n) is 11.7. The predicted molar refractivity (Wildman–Crippen MR) is 69.1 cm³/mol. The SMILES string of the molecule is COCCCCN1C(=O)C(C(C)C)NC(=O)C1C. The van der Waals surface area contributed by atoms with Gasteiger partial charge >= 0.3 is 0 Å². The Morgan fingerprint density at radius 1 is 1.33 bits per heavy atom. The summed E-state index contributed by atoms with van der Waals surface area (Å²) in [6.07, 6.45) is 1.77. The van der Waals surface area contributed by atoms with Gasteiger partial charge in [0, 0.05) is 20.3 Å². The minimum atomic E-state index is -0.379. The second kappa shape index (κ2) is 6.73. The largest absolute Gasteiger partial charge is 0.385 e. The van der Waals surface area contributed by atoms with Crippen molar-refractivity contribution in [3.05, 3.63) is 0 Å². The van der Waals surface area contributed by atoms with Crippen molar-refractivity contribution >= 4 is 11.8 Å². The van der Waals surface area contributed by atoms with E-state index in [2.05, 4.69) is 5.32 Å². The Balaban J connectivity index is 2.61. The highest BCUT2D eigenvalue weighted by Crippen LogP contribution is 2.16. The van der Waals surface area contributed by atoms with Crippen LogP contribution in [0.1, 0.15) is 33.6 Å². The number of methoxy groups -OCH3 is 1. The topological polar surface area (TPSA) is 58.6 Å². The average molecular weight is 256 g/mol. The van der Waals surface area contributed by atoms with Gasteiger partial charge in [-0.05, 0) is 25.7 Å². The maximum absolute atomic E-state index is 12.3. The van der Waals surface area contributed by atoms with Gasteiger partial charge in [0.2, 0.25) is 11.8 Å². The highest BCUT2D eigenvalue weighted by atomic mass is 16.5. The standard InChI is InChI=1S/C13H24N2O3/c1-9(2)11-13(17)15(7-5-6-8-18-4)10(3)12(16)14-11/h9-11H,5-8H2,1-4H3,(H,14,16). The first-order chi connectivity index (χ1) is 8.49. The molecule has 0 saturated carbocycles. The van der Waals surface area contributed by atoms with Crippen molar-refractivity contribution in [3.8, 4) is 0 Å². The molecule has 2 amide bonds. The summed E-state index contributed by atoms with van der Waals surface area (Å²) in [5, 5.41) is 2.79. The molecular formula is C13H24N2O3. The number of ether oxygens (including phenoxy) is 1. The molecular weight excluding hydrogens is 232 g/mol. The summed E-state index contributed by atoms with van der Waals surface area (Å²) in [5.41, 5.74) is 0.